The smallest absolute Gasteiger partial charge is 0.0502 e. The Morgan fingerprint density at radius 2 is 1.31 bits per heavy atom. The molecule has 2 unspecified atom stereocenters. The van der Waals surface area contributed by atoms with Crippen molar-refractivity contribution in [2.75, 3.05) is 4.44 Å². The van der Waals surface area contributed by atoms with Crippen LogP contribution in [0.25, 0.3) is 54.8 Å². The van der Waals surface area contributed by atoms with E-state index in [1.54, 1.807) is 0 Å². The predicted molar refractivity (Wildman–Crippen MR) is 146 cm³/mol. The van der Waals surface area contributed by atoms with Gasteiger partial charge in [0.1, 0.15) is 0 Å². The molecule has 154 valence electrons. The first-order valence-electron chi connectivity index (χ1n) is 10.6. The molecule has 4 heteroatoms. The molecule has 5 aromatic carbocycles. The van der Waals surface area contributed by atoms with Gasteiger partial charge in [0.25, 0.3) is 0 Å². The van der Waals surface area contributed by atoms with Gasteiger partial charge in [0.05, 0.1) is 5.69 Å². The summed E-state index contributed by atoms with van der Waals surface area (Å²) >= 11 is 0. The third kappa shape index (κ3) is 3.19. The Hall–Kier alpha value is -3.18. The van der Waals surface area contributed by atoms with Crippen LogP contribution >= 0.6 is 18.8 Å². The van der Waals surface area contributed by atoms with Crippen molar-refractivity contribution in [3.05, 3.63) is 103 Å². The van der Waals surface area contributed by atoms with Crippen LogP contribution in [0.4, 0.5) is 5.69 Å². The topological polar surface area (TPSA) is 19.0 Å². The van der Waals surface area contributed by atoms with E-state index in [2.05, 4.69) is 127 Å². The average Bonchev–Trinajstić information content (AvgIpc) is 3.22. The maximum Gasteiger partial charge on any atom is 0.0502 e. The van der Waals surface area contributed by atoms with Crippen LogP contribution in [0.3, 0.4) is 0 Å². The van der Waals surface area contributed by atoms with E-state index >= 15 is 0 Å². The molecule has 1 aromatic heterocycles. The lowest BCUT2D eigenvalue weighted by Gasteiger charge is -2.17. The van der Waals surface area contributed by atoms with Crippen LogP contribution in [-0.2, 0) is 0 Å². The fourth-order valence-corrected chi connectivity index (χ4v) is 5.11. The number of aromatic amines is 1. The van der Waals surface area contributed by atoms with Crippen molar-refractivity contribution in [1.82, 2.24) is 4.98 Å². The molecule has 0 aliphatic heterocycles. The van der Waals surface area contributed by atoms with Gasteiger partial charge in [-0.05, 0) is 76.6 Å². The summed E-state index contributed by atoms with van der Waals surface area (Å²) in [6.45, 7) is 0. The Bertz CT molecular complexity index is 1610. The average molecular weight is 448 g/mol. The molecule has 6 rings (SSSR count). The van der Waals surface area contributed by atoms with E-state index in [9.17, 15) is 0 Å². The monoisotopic (exact) mass is 448 g/mol. The summed E-state index contributed by atoms with van der Waals surface area (Å²) in [6.07, 6.45) is 0. The molecule has 0 bridgehead atoms. The van der Waals surface area contributed by atoms with Crippen LogP contribution in [0, 0.1) is 0 Å². The SMILES string of the molecule is PN(P)c1ccccc1-c1cccc(-c2ccc3[nH]c4ccc5ccccc5c4c3c2)c1. The van der Waals surface area contributed by atoms with Crippen LogP contribution in [-0.4, -0.2) is 4.98 Å². The highest BCUT2D eigenvalue weighted by molar-refractivity contribution is 7.39. The van der Waals surface area contributed by atoms with Crippen LogP contribution < -0.4 is 4.44 Å². The van der Waals surface area contributed by atoms with E-state index in [1.165, 1.54) is 54.8 Å². The Balaban J connectivity index is 1.54. The van der Waals surface area contributed by atoms with Gasteiger partial charge in [-0.25, -0.2) is 0 Å². The first kappa shape index (κ1) is 19.5. The third-order valence-corrected chi connectivity index (χ3v) is 6.73. The summed E-state index contributed by atoms with van der Waals surface area (Å²) < 4.78 is 2.01. The molecular weight excluding hydrogens is 426 g/mol. The van der Waals surface area contributed by atoms with Gasteiger partial charge in [0.2, 0.25) is 0 Å². The minimum atomic E-state index is 1.15. The number of hydrogen-bond donors (Lipinski definition) is 1. The Morgan fingerprint density at radius 1 is 0.562 bits per heavy atom. The Kier molecular flexibility index (Phi) is 4.72. The van der Waals surface area contributed by atoms with E-state index in [1.807, 2.05) is 4.44 Å². The van der Waals surface area contributed by atoms with Crippen molar-refractivity contribution in [1.29, 1.82) is 0 Å². The predicted octanol–water partition coefficient (Wildman–Crippen LogP) is 8.19. The van der Waals surface area contributed by atoms with Gasteiger partial charge >= 0.3 is 0 Å². The number of hydrogen-bond acceptors (Lipinski definition) is 1. The van der Waals surface area contributed by atoms with Crippen molar-refractivity contribution < 1.29 is 0 Å². The second-order valence-electron chi connectivity index (χ2n) is 8.10. The minimum Gasteiger partial charge on any atom is -0.354 e. The highest BCUT2D eigenvalue weighted by Crippen LogP contribution is 2.38. The minimum absolute atomic E-state index is 1.15. The van der Waals surface area contributed by atoms with Gasteiger partial charge in [-0.1, -0.05) is 72.8 Å². The standard InChI is InChI=1S/C28H22N2P2/c31-30(32)27-11-4-3-9-22(27)21-8-5-7-19(16-21)20-13-14-25-24(17-20)28-23-10-2-1-6-18(23)12-15-26(28)29-25/h1-17,29H,31-32H2. The fourth-order valence-electron chi connectivity index (χ4n) is 4.66. The van der Waals surface area contributed by atoms with E-state index in [-0.39, 0.29) is 0 Å². The van der Waals surface area contributed by atoms with E-state index < -0.39 is 0 Å². The second kappa shape index (κ2) is 7.75. The van der Waals surface area contributed by atoms with Crippen molar-refractivity contribution in [2.24, 2.45) is 0 Å². The molecule has 0 saturated carbocycles. The van der Waals surface area contributed by atoms with Crippen LogP contribution in [0.2, 0.25) is 0 Å². The number of nitrogens with zero attached hydrogens (tertiary/aromatic N) is 1. The number of benzene rings is 5. The summed E-state index contributed by atoms with van der Waals surface area (Å²) in [7, 11) is 5.44. The van der Waals surface area contributed by atoms with Gasteiger partial charge in [-0.3, -0.25) is 0 Å². The lowest BCUT2D eigenvalue weighted by molar-refractivity contribution is 1.54. The molecule has 1 heterocycles. The molecule has 0 spiro atoms. The van der Waals surface area contributed by atoms with E-state index in [4.69, 9.17) is 0 Å². The first-order chi connectivity index (χ1) is 15.7. The second-order valence-corrected chi connectivity index (χ2v) is 9.81. The van der Waals surface area contributed by atoms with Crippen molar-refractivity contribution in [2.45, 2.75) is 0 Å². The number of rotatable bonds is 3. The first-order valence-corrected chi connectivity index (χ1v) is 11.6. The Morgan fingerprint density at radius 3 is 2.22 bits per heavy atom. The zero-order valence-corrected chi connectivity index (χ0v) is 19.7. The molecule has 6 aromatic rings. The molecular formula is C28H22N2P2. The molecule has 0 amide bonds. The number of para-hydroxylation sites is 1. The largest absolute Gasteiger partial charge is 0.354 e. The lowest BCUT2D eigenvalue weighted by Crippen LogP contribution is -1.93. The number of aromatic nitrogens is 1. The van der Waals surface area contributed by atoms with Crippen molar-refractivity contribution in [3.63, 3.8) is 0 Å². The third-order valence-electron chi connectivity index (χ3n) is 6.18. The number of anilines is 1. The highest BCUT2D eigenvalue weighted by atomic mass is 31.1. The van der Waals surface area contributed by atoms with Gasteiger partial charge in [-0.2, -0.15) is 0 Å². The molecule has 0 aliphatic rings. The number of fused-ring (bicyclic) bond motifs is 5. The van der Waals surface area contributed by atoms with Crippen molar-refractivity contribution >= 4 is 57.0 Å². The maximum atomic E-state index is 3.60. The molecule has 0 saturated heterocycles. The summed E-state index contributed by atoms with van der Waals surface area (Å²) in [4.78, 5) is 3.60. The van der Waals surface area contributed by atoms with E-state index in [0.29, 0.717) is 0 Å². The number of H-pyrrole nitrogens is 1. The van der Waals surface area contributed by atoms with Gasteiger partial charge in [-0.15, -0.1) is 0 Å². The normalized spacial score (nSPS) is 11.4. The summed E-state index contributed by atoms with van der Waals surface area (Å²) in [5, 5.41) is 5.12. The molecule has 2 atom stereocenters. The lowest BCUT2D eigenvalue weighted by atomic mass is 9.96. The fraction of sp³-hybridized carbons (Fsp3) is 0. The number of nitrogens with one attached hydrogen (secondary N) is 1. The molecule has 0 radical (unpaired) electrons. The highest BCUT2D eigenvalue weighted by Gasteiger charge is 2.11. The van der Waals surface area contributed by atoms with E-state index in [0.717, 1.165) is 5.69 Å². The molecule has 2 nitrogen and oxygen atoms in total. The quantitative estimate of drug-likeness (QED) is 0.270. The maximum absolute atomic E-state index is 3.60. The zero-order valence-electron chi connectivity index (χ0n) is 17.4. The van der Waals surface area contributed by atoms with Gasteiger partial charge in [0, 0.05) is 27.4 Å². The van der Waals surface area contributed by atoms with Gasteiger partial charge in [0.15, 0.2) is 0 Å². The van der Waals surface area contributed by atoms with Crippen LogP contribution in [0.1, 0.15) is 0 Å². The Labute approximate surface area is 191 Å². The molecule has 32 heavy (non-hydrogen) atoms. The summed E-state index contributed by atoms with van der Waals surface area (Å²) in [6, 6.07) is 37.0. The van der Waals surface area contributed by atoms with Crippen LogP contribution in [0.15, 0.2) is 103 Å². The summed E-state index contributed by atoms with van der Waals surface area (Å²) in [5.41, 5.74) is 8.35. The molecule has 1 N–H and O–H groups in total. The summed E-state index contributed by atoms with van der Waals surface area (Å²) in [5.74, 6) is 0. The van der Waals surface area contributed by atoms with Crippen molar-refractivity contribution in [3.8, 4) is 22.3 Å². The molecule has 0 aliphatic carbocycles. The molecule has 0 fully saturated rings. The van der Waals surface area contributed by atoms with Gasteiger partial charge < -0.3 is 9.42 Å². The van der Waals surface area contributed by atoms with Crippen LogP contribution in [0.5, 0.6) is 0 Å². The zero-order chi connectivity index (χ0) is 21.7.